The first-order valence-electron chi connectivity index (χ1n) is 13.3. The molecule has 220 valence electrons. The molecule has 0 saturated heterocycles. The summed E-state index contributed by atoms with van der Waals surface area (Å²) in [6.45, 7) is 1.39. The van der Waals surface area contributed by atoms with Crippen molar-refractivity contribution in [1.82, 2.24) is 5.32 Å². The molecule has 0 atom stereocenters. The maximum Gasteiger partial charge on any atom is 0.416 e. The number of halogens is 5. The van der Waals surface area contributed by atoms with Crippen molar-refractivity contribution >= 4 is 45.9 Å². The third-order valence-electron chi connectivity index (χ3n) is 6.13. The van der Waals surface area contributed by atoms with Crippen LogP contribution in [-0.4, -0.2) is 25.3 Å². The van der Waals surface area contributed by atoms with Crippen LogP contribution in [0.3, 0.4) is 0 Å². The van der Waals surface area contributed by atoms with Crippen molar-refractivity contribution < 1.29 is 13.2 Å². The number of rotatable bonds is 12. The van der Waals surface area contributed by atoms with Gasteiger partial charge in [0.1, 0.15) is 0 Å². The van der Waals surface area contributed by atoms with Crippen molar-refractivity contribution in [2.75, 3.05) is 19.6 Å². The minimum atomic E-state index is -4.40. The Labute approximate surface area is 259 Å². The van der Waals surface area contributed by atoms with Gasteiger partial charge < -0.3 is 16.8 Å². The lowest BCUT2D eigenvalue weighted by atomic mass is 10.0. The molecule has 0 bridgehead atoms. The highest BCUT2D eigenvalue weighted by atomic mass is 35.5. The molecule has 3 rings (SSSR count). The second kappa shape index (κ2) is 16.4. The molecule has 2 aromatic carbocycles. The summed E-state index contributed by atoms with van der Waals surface area (Å²) in [5.41, 5.74) is 14.7. The molecule has 0 spiro atoms. The SMILES string of the molecule is C#CCNC/C(C(=Nc1ccc(Cl)cc1Cl)c1ccc(C#Cc2ccc(C(F)(F)F)cc2)s1)=C(/N)CCCCCCN. The van der Waals surface area contributed by atoms with Crippen LogP contribution in [0, 0.1) is 24.2 Å². The Kier molecular flexibility index (Phi) is 13.0. The smallest absolute Gasteiger partial charge is 0.402 e. The van der Waals surface area contributed by atoms with Gasteiger partial charge in [-0.15, -0.1) is 17.8 Å². The Hall–Kier alpha value is -3.24. The van der Waals surface area contributed by atoms with Crippen LogP contribution in [0.4, 0.5) is 18.9 Å². The van der Waals surface area contributed by atoms with Crippen molar-refractivity contribution in [2.45, 2.75) is 38.3 Å². The largest absolute Gasteiger partial charge is 0.416 e. The van der Waals surface area contributed by atoms with Crippen molar-refractivity contribution in [3.63, 3.8) is 0 Å². The fraction of sp³-hybridized carbons (Fsp3) is 0.281. The Bertz CT molecular complexity index is 1510. The van der Waals surface area contributed by atoms with E-state index in [1.54, 1.807) is 18.2 Å². The van der Waals surface area contributed by atoms with Crippen molar-refractivity contribution in [3.05, 3.63) is 96.8 Å². The molecule has 0 aliphatic heterocycles. The first kappa shape index (κ1) is 33.3. The Balaban J connectivity index is 2.01. The van der Waals surface area contributed by atoms with Crippen LogP contribution >= 0.6 is 34.5 Å². The van der Waals surface area contributed by atoms with Crippen LogP contribution in [-0.2, 0) is 6.18 Å². The van der Waals surface area contributed by atoms with Gasteiger partial charge in [0.15, 0.2) is 0 Å². The monoisotopic (exact) mass is 630 g/mol. The average Bonchev–Trinajstić information content (AvgIpc) is 3.43. The van der Waals surface area contributed by atoms with E-state index >= 15 is 0 Å². The van der Waals surface area contributed by atoms with Crippen LogP contribution in [0.5, 0.6) is 0 Å². The summed E-state index contributed by atoms with van der Waals surface area (Å²) in [5.74, 6) is 8.55. The van der Waals surface area contributed by atoms with Crippen LogP contribution in [0.15, 0.2) is 70.9 Å². The summed E-state index contributed by atoms with van der Waals surface area (Å²) >= 11 is 14.0. The number of thiophene rings is 1. The number of unbranched alkanes of at least 4 members (excludes halogenated alkanes) is 3. The summed E-state index contributed by atoms with van der Waals surface area (Å²) in [5, 5.41) is 4.10. The molecule has 4 nitrogen and oxygen atoms in total. The van der Waals surface area contributed by atoms with Gasteiger partial charge in [-0.1, -0.05) is 53.8 Å². The zero-order chi connectivity index (χ0) is 30.5. The van der Waals surface area contributed by atoms with E-state index in [-0.39, 0.29) is 0 Å². The van der Waals surface area contributed by atoms with Gasteiger partial charge >= 0.3 is 6.18 Å². The van der Waals surface area contributed by atoms with E-state index < -0.39 is 11.7 Å². The van der Waals surface area contributed by atoms with Crippen molar-refractivity contribution in [2.24, 2.45) is 16.5 Å². The number of hydrogen-bond acceptors (Lipinski definition) is 5. The third-order valence-corrected chi connectivity index (χ3v) is 7.67. The molecule has 10 heteroatoms. The summed E-state index contributed by atoms with van der Waals surface area (Å²) in [4.78, 5) is 6.42. The molecular formula is C32H31Cl2F3N4S. The van der Waals surface area contributed by atoms with Crippen LogP contribution in [0.2, 0.25) is 10.0 Å². The molecule has 0 saturated carbocycles. The predicted octanol–water partition coefficient (Wildman–Crippen LogP) is 7.94. The molecule has 5 N–H and O–H groups in total. The fourth-order valence-corrected chi connectivity index (χ4v) is 5.27. The highest BCUT2D eigenvalue weighted by Crippen LogP contribution is 2.32. The lowest BCUT2D eigenvalue weighted by molar-refractivity contribution is -0.137. The van der Waals surface area contributed by atoms with E-state index in [0.717, 1.165) is 48.3 Å². The van der Waals surface area contributed by atoms with E-state index in [9.17, 15) is 13.2 Å². The van der Waals surface area contributed by atoms with E-state index in [4.69, 9.17) is 46.1 Å². The third kappa shape index (κ3) is 10.2. The van der Waals surface area contributed by atoms with E-state index in [1.807, 2.05) is 12.1 Å². The quantitative estimate of drug-likeness (QED) is 0.108. The van der Waals surface area contributed by atoms with Crippen molar-refractivity contribution in [1.29, 1.82) is 0 Å². The van der Waals surface area contributed by atoms with Crippen LogP contribution in [0.1, 0.15) is 53.0 Å². The first-order valence-corrected chi connectivity index (χ1v) is 14.8. The zero-order valence-electron chi connectivity index (χ0n) is 22.8. The number of benzene rings is 2. The van der Waals surface area contributed by atoms with Gasteiger partial charge in [-0.2, -0.15) is 13.2 Å². The van der Waals surface area contributed by atoms with Gasteiger partial charge in [0.05, 0.1) is 38.3 Å². The highest BCUT2D eigenvalue weighted by Gasteiger charge is 2.29. The number of aliphatic imine (C=N–C) groups is 1. The molecule has 0 aliphatic carbocycles. The van der Waals surface area contributed by atoms with Gasteiger partial charge in [0.25, 0.3) is 0 Å². The van der Waals surface area contributed by atoms with Gasteiger partial charge in [0.2, 0.25) is 0 Å². The number of terminal acetylenes is 1. The molecule has 3 aromatic rings. The number of hydrogen-bond donors (Lipinski definition) is 3. The molecule has 1 aromatic heterocycles. The zero-order valence-corrected chi connectivity index (χ0v) is 25.2. The predicted molar refractivity (Wildman–Crippen MR) is 169 cm³/mol. The molecule has 1 heterocycles. The number of alkyl halides is 3. The topological polar surface area (TPSA) is 76.4 Å². The maximum absolute atomic E-state index is 12.9. The van der Waals surface area contributed by atoms with Gasteiger partial charge in [-0.05, 0) is 80.4 Å². The molecule has 0 amide bonds. The van der Waals surface area contributed by atoms with Gasteiger partial charge in [0, 0.05) is 28.4 Å². The number of nitrogens with zero attached hydrogens (tertiary/aromatic N) is 1. The first-order chi connectivity index (χ1) is 20.1. The second-order valence-corrected chi connectivity index (χ2v) is 11.2. The van der Waals surface area contributed by atoms with Crippen molar-refractivity contribution in [3.8, 4) is 24.2 Å². The number of nitrogens with one attached hydrogen (secondary N) is 1. The lowest BCUT2D eigenvalue weighted by Crippen LogP contribution is -2.25. The average molecular weight is 632 g/mol. The summed E-state index contributed by atoms with van der Waals surface area (Å²) in [6, 6.07) is 13.5. The van der Waals surface area contributed by atoms with Gasteiger partial charge in [-0.25, -0.2) is 4.99 Å². The second-order valence-electron chi connectivity index (χ2n) is 9.31. The summed E-state index contributed by atoms with van der Waals surface area (Å²) in [7, 11) is 0. The fourth-order valence-electron chi connectivity index (χ4n) is 3.95. The molecule has 0 aliphatic rings. The lowest BCUT2D eigenvalue weighted by Gasteiger charge is -2.15. The Morgan fingerprint density at radius 2 is 1.71 bits per heavy atom. The highest BCUT2D eigenvalue weighted by molar-refractivity contribution is 7.14. The van der Waals surface area contributed by atoms with Crippen LogP contribution < -0.4 is 16.8 Å². The Morgan fingerprint density at radius 3 is 2.38 bits per heavy atom. The van der Waals surface area contributed by atoms with Crippen LogP contribution in [0.25, 0.3) is 0 Å². The van der Waals surface area contributed by atoms with Gasteiger partial charge in [-0.3, -0.25) is 0 Å². The molecule has 0 unspecified atom stereocenters. The minimum absolute atomic E-state index is 0.344. The minimum Gasteiger partial charge on any atom is -0.402 e. The molecule has 0 fully saturated rings. The maximum atomic E-state index is 12.9. The normalized spacial score (nSPS) is 12.4. The Morgan fingerprint density at radius 1 is 0.976 bits per heavy atom. The summed E-state index contributed by atoms with van der Waals surface area (Å²) in [6.07, 6.45) is 5.64. The van der Waals surface area contributed by atoms with E-state index in [0.29, 0.717) is 63.6 Å². The van der Waals surface area contributed by atoms with E-state index in [1.165, 1.54) is 23.5 Å². The molecule has 0 radical (unpaired) electrons. The molecule has 42 heavy (non-hydrogen) atoms. The van der Waals surface area contributed by atoms with E-state index in [2.05, 4.69) is 23.1 Å². The number of allylic oxidation sites excluding steroid dienone is 1. The molecular weight excluding hydrogens is 600 g/mol. The summed E-state index contributed by atoms with van der Waals surface area (Å²) < 4.78 is 38.7. The number of nitrogens with two attached hydrogens (primary N) is 2. The standard InChI is InChI=1S/C32H31Cl2F3N4S/c1-2-19-40-21-26(28(39)7-5-3-4-6-18-38)31(41-29-16-13-24(33)20-27(29)34)30-17-15-25(42-30)14-10-22-8-11-23(12-9-22)32(35,36)37/h1,8-9,11-13,15-17,20,40H,3-7,18-19,21,38-39H2/b28-26-,41-31?.